The molecule has 3 nitrogen and oxygen atoms in total. The zero-order valence-electron chi connectivity index (χ0n) is 12.6. The van der Waals surface area contributed by atoms with E-state index in [0.29, 0.717) is 11.4 Å². The Hall–Kier alpha value is -1.94. The minimum absolute atomic E-state index is 0.0189. The number of amides is 1. The first-order valence-electron chi connectivity index (χ1n) is 6.82. The van der Waals surface area contributed by atoms with Crippen molar-refractivity contribution in [2.75, 3.05) is 16.8 Å². The van der Waals surface area contributed by atoms with Crippen LogP contribution in [0.4, 0.5) is 11.4 Å². The minimum atomic E-state index is -0.0189. The zero-order chi connectivity index (χ0) is 15.4. The molecule has 0 heterocycles. The van der Waals surface area contributed by atoms with Gasteiger partial charge in [-0.3, -0.25) is 4.79 Å². The summed E-state index contributed by atoms with van der Waals surface area (Å²) in [5, 5.41) is 2.95. The summed E-state index contributed by atoms with van der Waals surface area (Å²) in [4.78, 5) is 13.0. The molecule has 0 saturated heterocycles. The number of rotatable bonds is 4. The fraction of sp³-hybridized carbons (Fsp3) is 0.235. The maximum Gasteiger partial charge on any atom is 0.234 e. The van der Waals surface area contributed by atoms with Crippen LogP contribution in [0.5, 0.6) is 0 Å². The Kier molecular flexibility index (Phi) is 4.91. The number of nitrogen functional groups attached to an aromatic ring is 1. The summed E-state index contributed by atoms with van der Waals surface area (Å²) < 4.78 is 0. The predicted molar refractivity (Wildman–Crippen MR) is 90.9 cm³/mol. The second-order valence-electron chi connectivity index (χ2n) is 5.13. The highest BCUT2D eigenvalue weighted by atomic mass is 32.2. The summed E-state index contributed by atoms with van der Waals surface area (Å²) in [5.41, 5.74) is 10.9. The maximum absolute atomic E-state index is 12.1. The number of hydrogen-bond donors (Lipinski definition) is 2. The van der Waals surface area contributed by atoms with Gasteiger partial charge in [0.25, 0.3) is 0 Å². The second kappa shape index (κ2) is 6.68. The van der Waals surface area contributed by atoms with E-state index in [9.17, 15) is 4.79 Å². The summed E-state index contributed by atoms with van der Waals surface area (Å²) in [6.45, 7) is 6.06. The standard InChI is InChI=1S/C17H20N2OS/c1-11-7-8-14(18)16(9-11)21-10-17(20)19-15-6-4-5-12(2)13(15)3/h4-9H,10,18H2,1-3H3,(H,19,20). The summed E-state index contributed by atoms with van der Waals surface area (Å²) >= 11 is 1.46. The fourth-order valence-corrected chi connectivity index (χ4v) is 2.85. The molecule has 0 atom stereocenters. The predicted octanol–water partition coefficient (Wildman–Crippen LogP) is 3.92. The first kappa shape index (κ1) is 15.4. The van der Waals surface area contributed by atoms with E-state index in [-0.39, 0.29) is 5.91 Å². The van der Waals surface area contributed by atoms with Gasteiger partial charge in [0.1, 0.15) is 0 Å². The molecule has 0 aromatic heterocycles. The normalized spacial score (nSPS) is 10.4. The largest absolute Gasteiger partial charge is 0.398 e. The van der Waals surface area contributed by atoms with E-state index >= 15 is 0 Å². The van der Waals surface area contributed by atoms with Gasteiger partial charge in [-0.05, 0) is 55.7 Å². The molecule has 0 radical (unpaired) electrons. The molecule has 110 valence electrons. The van der Waals surface area contributed by atoms with E-state index in [1.807, 2.05) is 57.2 Å². The molecule has 0 aliphatic rings. The lowest BCUT2D eigenvalue weighted by molar-refractivity contribution is -0.113. The van der Waals surface area contributed by atoms with Gasteiger partial charge in [0.15, 0.2) is 0 Å². The third-order valence-corrected chi connectivity index (χ3v) is 4.48. The SMILES string of the molecule is Cc1ccc(N)c(SCC(=O)Nc2cccc(C)c2C)c1. The number of benzene rings is 2. The molecule has 1 amide bonds. The summed E-state index contributed by atoms with van der Waals surface area (Å²) in [6.07, 6.45) is 0. The van der Waals surface area contributed by atoms with E-state index < -0.39 is 0 Å². The Bertz CT molecular complexity index is 668. The second-order valence-corrected chi connectivity index (χ2v) is 6.14. The van der Waals surface area contributed by atoms with Crippen molar-refractivity contribution < 1.29 is 4.79 Å². The average Bonchev–Trinajstić information content (AvgIpc) is 2.45. The Morgan fingerprint density at radius 3 is 2.71 bits per heavy atom. The molecule has 0 fully saturated rings. The number of nitrogens with one attached hydrogen (secondary N) is 1. The van der Waals surface area contributed by atoms with Gasteiger partial charge in [-0.15, -0.1) is 11.8 Å². The van der Waals surface area contributed by atoms with Crippen molar-refractivity contribution in [1.29, 1.82) is 0 Å². The first-order chi connectivity index (χ1) is 9.97. The van der Waals surface area contributed by atoms with Gasteiger partial charge in [0.2, 0.25) is 5.91 Å². The van der Waals surface area contributed by atoms with E-state index in [1.165, 1.54) is 17.3 Å². The number of carbonyl (C=O) groups excluding carboxylic acids is 1. The lowest BCUT2D eigenvalue weighted by Gasteiger charge is -2.11. The number of aryl methyl sites for hydroxylation is 2. The van der Waals surface area contributed by atoms with Gasteiger partial charge >= 0.3 is 0 Å². The van der Waals surface area contributed by atoms with Gasteiger partial charge in [-0.2, -0.15) is 0 Å². The Morgan fingerprint density at radius 2 is 1.95 bits per heavy atom. The van der Waals surface area contributed by atoms with E-state index in [2.05, 4.69) is 5.32 Å². The smallest absolute Gasteiger partial charge is 0.234 e. The molecule has 2 rings (SSSR count). The zero-order valence-corrected chi connectivity index (χ0v) is 13.4. The lowest BCUT2D eigenvalue weighted by atomic mass is 10.1. The molecule has 2 aromatic rings. The van der Waals surface area contributed by atoms with E-state index in [4.69, 9.17) is 5.73 Å². The highest BCUT2D eigenvalue weighted by molar-refractivity contribution is 8.00. The third-order valence-electron chi connectivity index (χ3n) is 3.41. The van der Waals surface area contributed by atoms with E-state index in [1.54, 1.807) is 0 Å². The van der Waals surface area contributed by atoms with Crippen LogP contribution in [0.1, 0.15) is 16.7 Å². The topological polar surface area (TPSA) is 55.1 Å². The van der Waals surface area contributed by atoms with Crippen molar-refractivity contribution in [2.24, 2.45) is 0 Å². The molecule has 21 heavy (non-hydrogen) atoms. The summed E-state index contributed by atoms with van der Waals surface area (Å²) in [7, 11) is 0. The third kappa shape index (κ3) is 4.02. The molecule has 4 heteroatoms. The van der Waals surface area contributed by atoms with E-state index in [0.717, 1.165) is 21.7 Å². The van der Waals surface area contributed by atoms with Crippen LogP contribution in [0.3, 0.4) is 0 Å². The molecule has 0 unspecified atom stereocenters. The number of thioether (sulfide) groups is 1. The fourth-order valence-electron chi connectivity index (χ4n) is 1.98. The van der Waals surface area contributed by atoms with Crippen LogP contribution in [0.2, 0.25) is 0 Å². The minimum Gasteiger partial charge on any atom is -0.398 e. The van der Waals surface area contributed by atoms with Gasteiger partial charge in [-0.25, -0.2) is 0 Å². The summed E-state index contributed by atoms with van der Waals surface area (Å²) in [6, 6.07) is 11.8. The van der Waals surface area contributed by atoms with Gasteiger partial charge < -0.3 is 11.1 Å². The van der Waals surface area contributed by atoms with Crippen LogP contribution in [0, 0.1) is 20.8 Å². The molecule has 0 spiro atoms. The van der Waals surface area contributed by atoms with Gasteiger partial charge in [0.05, 0.1) is 5.75 Å². The van der Waals surface area contributed by atoms with Crippen molar-refractivity contribution in [3.8, 4) is 0 Å². The maximum atomic E-state index is 12.1. The monoisotopic (exact) mass is 300 g/mol. The Morgan fingerprint density at radius 1 is 1.19 bits per heavy atom. The molecule has 0 aliphatic carbocycles. The van der Waals surface area contributed by atoms with Crippen LogP contribution >= 0.6 is 11.8 Å². The molecular formula is C17H20N2OS. The molecule has 2 aromatic carbocycles. The molecule has 0 aliphatic heterocycles. The van der Waals surface area contributed by atoms with Crippen molar-refractivity contribution in [3.05, 3.63) is 53.1 Å². The average molecular weight is 300 g/mol. The highest BCUT2D eigenvalue weighted by Crippen LogP contribution is 2.26. The molecule has 0 saturated carbocycles. The number of nitrogens with two attached hydrogens (primary N) is 1. The number of anilines is 2. The molecule has 3 N–H and O–H groups in total. The molecular weight excluding hydrogens is 280 g/mol. The van der Waals surface area contributed by atoms with Crippen LogP contribution in [0.15, 0.2) is 41.3 Å². The quantitative estimate of drug-likeness (QED) is 0.664. The first-order valence-corrected chi connectivity index (χ1v) is 7.81. The van der Waals surface area contributed by atoms with Crippen LogP contribution < -0.4 is 11.1 Å². The Balaban J connectivity index is 1.99. The number of carbonyl (C=O) groups is 1. The lowest BCUT2D eigenvalue weighted by Crippen LogP contribution is -2.15. The Labute approximate surface area is 129 Å². The van der Waals surface area contributed by atoms with Crippen LogP contribution in [0.25, 0.3) is 0 Å². The van der Waals surface area contributed by atoms with Gasteiger partial charge in [-0.1, -0.05) is 18.2 Å². The van der Waals surface area contributed by atoms with Crippen LogP contribution in [-0.2, 0) is 4.79 Å². The number of hydrogen-bond acceptors (Lipinski definition) is 3. The molecule has 0 bridgehead atoms. The summed E-state index contributed by atoms with van der Waals surface area (Å²) in [5.74, 6) is 0.329. The van der Waals surface area contributed by atoms with Crippen molar-refractivity contribution in [3.63, 3.8) is 0 Å². The van der Waals surface area contributed by atoms with Gasteiger partial charge in [0, 0.05) is 16.3 Å². The van der Waals surface area contributed by atoms with Crippen molar-refractivity contribution in [2.45, 2.75) is 25.7 Å². The van der Waals surface area contributed by atoms with Crippen molar-refractivity contribution >= 4 is 29.0 Å². The van der Waals surface area contributed by atoms with Crippen LogP contribution in [-0.4, -0.2) is 11.7 Å². The van der Waals surface area contributed by atoms with Crippen molar-refractivity contribution in [1.82, 2.24) is 0 Å². The highest BCUT2D eigenvalue weighted by Gasteiger charge is 2.08.